The molecule has 0 fully saturated rings. The summed E-state index contributed by atoms with van der Waals surface area (Å²) in [6.07, 6.45) is 21.5. The second-order valence-electron chi connectivity index (χ2n) is 12.4. The third-order valence-corrected chi connectivity index (χ3v) is 8.24. The fourth-order valence-electron chi connectivity index (χ4n) is 5.26. The van der Waals surface area contributed by atoms with Gasteiger partial charge in [-0.3, -0.25) is 0 Å². The van der Waals surface area contributed by atoms with Crippen LogP contribution in [0.5, 0.6) is 0 Å². The van der Waals surface area contributed by atoms with Crippen molar-refractivity contribution in [1.29, 1.82) is 0 Å². The van der Waals surface area contributed by atoms with E-state index in [4.69, 9.17) is 0 Å². The zero-order valence-corrected chi connectivity index (χ0v) is 34.5. The van der Waals surface area contributed by atoms with Crippen molar-refractivity contribution < 1.29 is 83.8 Å². The number of hydrogen-bond acceptors (Lipinski definition) is 4. The second-order valence-corrected chi connectivity index (χ2v) is 12.4. The van der Waals surface area contributed by atoms with E-state index in [9.17, 15) is 0 Å². The Labute approximate surface area is 323 Å². The molecule has 0 saturated carbocycles. The standard InChI is InChI=1S/C34H74N4.4ClH.2Cu/c1-7-11-27-37(28-12-8-2)31-17-19-33(5)21-25-35-23-15-16-24-36-26-22-34(6)20-18-32-38(29-13-9-3)30-14-10-4;;;;;;/h33-36H,7-32H2,1-6H3;4*1H;;/q;;;;;2*+2/p-4. The molecule has 44 heavy (non-hydrogen) atoms. The van der Waals surface area contributed by atoms with E-state index in [1.165, 1.54) is 168 Å². The quantitative estimate of drug-likeness (QED) is 0.0561. The average molecular weight is 808 g/mol. The summed E-state index contributed by atoms with van der Waals surface area (Å²) in [6, 6.07) is 0. The molecule has 0 bridgehead atoms. The molecule has 0 spiro atoms. The summed E-state index contributed by atoms with van der Waals surface area (Å²) in [4.78, 5) is 5.42. The largest absolute Gasteiger partial charge is 2.00 e. The van der Waals surface area contributed by atoms with Crippen LogP contribution in [0.25, 0.3) is 0 Å². The Hall–Kier alpha value is 2.04. The van der Waals surface area contributed by atoms with Gasteiger partial charge in [0.2, 0.25) is 0 Å². The maximum Gasteiger partial charge on any atom is 2.00 e. The van der Waals surface area contributed by atoms with Crippen molar-refractivity contribution in [1.82, 2.24) is 20.4 Å². The van der Waals surface area contributed by atoms with Crippen molar-refractivity contribution in [3.05, 3.63) is 0 Å². The van der Waals surface area contributed by atoms with Crippen molar-refractivity contribution >= 4 is 0 Å². The first kappa shape index (κ1) is 61.3. The molecule has 2 radical (unpaired) electrons. The second kappa shape index (κ2) is 49.4. The monoisotopic (exact) mass is 804 g/mol. The van der Waals surface area contributed by atoms with Gasteiger partial charge in [-0.1, -0.05) is 67.2 Å². The molecule has 4 nitrogen and oxygen atoms in total. The Kier molecular flexibility index (Phi) is 68.8. The molecule has 280 valence electrons. The van der Waals surface area contributed by atoms with Gasteiger partial charge in [0, 0.05) is 0 Å². The van der Waals surface area contributed by atoms with Gasteiger partial charge in [-0.2, -0.15) is 0 Å². The normalized spacial score (nSPS) is 11.7. The molecular weight excluding hydrogens is 733 g/mol. The zero-order valence-electron chi connectivity index (χ0n) is 29.5. The zero-order chi connectivity index (χ0) is 28.1. The van der Waals surface area contributed by atoms with E-state index >= 15 is 0 Å². The molecule has 0 aliphatic rings. The van der Waals surface area contributed by atoms with E-state index in [2.05, 4.69) is 62.0 Å². The first-order chi connectivity index (χ1) is 18.6. The average Bonchev–Trinajstić information content (AvgIpc) is 2.92. The smallest absolute Gasteiger partial charge is 1.00 e. The van der Waals surface area contributed by atoms with Crippen LogP contribution in [-0.4, -0.2) is 75.2 Å². The Morgan fingerprint density at radius 3 is 0.932 bits per heavy atom. The number of rotatable bonds is 31. The van der Waals surface area contributed by atoms with Gasteiger partial charge in [0.15, 0.2) is 0 Å². The maximum atomic E-state index is 3.70. The van der Waals surface area contributed by atoms with E-state index in [1.54, 1.807) is 0 Å². The molecular formula is C34H74Cl4Cu2N4. The van der Waals surface area contributed by atoms with Gasteiger partial charge in [-0.15, -0.1) is 0 Å². The van der Waals surface area contributed by atoms with Crippen molar-refractivity contribution in [2.45, 2.75) is 144 Å². The molecule has 2 N–H and O–H groups in total. The number of halogens is 4. The minimum atomic E-state index is 0. The fourth-order valence-corrected chi connectivity index (χ4v) is 5.26. The van der Waals surface area contributed by atoms with Crippen molar-refractivity contribution in [2.75, 3.05) is 65.4 Å². The van der Waals surface area contributed by atoms with Gasteiger partial charge in [0.1, 0.15) is 0 Å². The van der Waals surface area contributed by atoms with Crippen LogP contribution < -0.4 is 60.3 Å². The molecule has 10 heteroatoms. The van der Waals surface area contributed by atoms with E-state index in [0.29, 0.717) is 0 Å². The number of unbranched alkanes of at least 4 members (excludes halogenated alkanes) is 5. The summed E-state index contributed by atoms with van der Waals surface area (Å²) in [5.74, 6) is 1.70. The van der Waals surface area contributed by atoms with Gasteiger partial charge in [-0.25, -0.2) is 0 Å². The minimum absolute atomic E-state index is 0. The summed E-state index contributed by atoms with van der Waals surface area (Å²) in [5.41, 5.74) is 0. The van der Waals surface area contributed by atoms with Gasteiger partial charge < -0.3 is 70.1 Å². The van der Waals surface area contributed by atoms with Crippen molar-refractivity contribution in [3.63, 3.8) is 0 Å². The first-order valence-corrected chi connectivity index (χ1v) is 17.4. The molecule has 0 aromatic carbocycles. The van der Waals surface area contributed by atoms with Gasteiger partial charge >= 0.3 is 34.1 Å². The summed E-state index contributed by atoms with van der Waals surface area (Å²) in [7, 11) is 0. The van der Waals surface area contributed by atoms with E-state index < -0.39 is 0 Å². The van der Waals surface area contributed by atoms with Crippen molar-refractivity contribution in [2.24, 2.45) is 11.8 Å². The van der Waals surface area contributed by atoms with E-state index in [-0.39, 0.29) is 83.8 Å². The number of hydrogen-bond donors (Lipinski definition) is 2. The van der Waals surface area contributed by atoms with Gasteiger partial charge in [0.05, 0.1) is 0 Å². The van der Waals surface area contributed by atoms with Crippen LogP contribution in [-0.2, 0) is 34.1 Å². The van der Waals surface area contributed by atoms with Gasteiger partial charge in [-0.05, 0) is 154 Å². The van der Waals surface area contributed by atoms with Crippen LogP contribution in [0, 0.1) is 11.8 Å². The molecule has 0 aromatic heterocycles. The molecule has 0 rings (SSSR count). The van der Waals surface area contributed by atoms with Crippen LogP contribution in [0.1, 0.15) is 144 Å². The molecule has 0 aromatic rings. The summed E-state index contributed by atoms with van der Waals surface area (Å²) in [5, 5.41) is 7.39. The maximum absolute atomic E-state index is 3.70. The third kappa shape index (κ3) is 44.0. The molecule has 2 atom stereocenters. The Morgan fingerprint density at radius 1 is 0.386 bits per heavy atom. The third-order valence-electron chi connectivity index (χ3n) is 8.24. The van der Waals surface area contributed by atoms with E-state index in [0.717, 1.165) is 11.8 Å². The van der Waals surface area contributed by atoms with Crippen LogP contribution >= 0.6 is 0 Å². The summed E-state index contributed by atoms with van der Waals surface area (Å²) in [6.45, 7) is 26.7. The van der Waals surface area contributed by atoms with Crippen LogP contribution in [0.15, 0.2) is 0 Å². The van der Waals surface area contributed by atoms with Crippen LogP contribution in [0.2, 0.25) is 0 Å². The molecule has 0 aliphatic carbocycles. The van der Waals surface area contributed by atoms with Crippen LogP contribution in [0.4, 0.5) is 0 Å². The topological polar surface area (TPSA) is 30.5 Å². The SMILES string of the molecule is CCCCN(CCCC)CCCC(C)CCNCCCCNCCC(C)CCCN(CCCC)CCCC.[Cl-].[Cl-].[Cl-].[Cl-].[Cu+2].[Cu+2]. The molecule has 0 amide bonds. The predicted molar refractivity (Wildman–Crippen MR) is 174 cm³/mol. The first-order valence-electron chi connectivity index (χ1n) is 17.4. The summed E-state index contributed by atoms with van der Waals surface area (Å²) < 4.78 is 0. The Bertz CT molecular complexity index is 419. The Balaban J connectivity index is -0.000000456. The molecule has 0 saturated heterocycles. The Morgan fingerprint density at radius 2 is 0.659 bits per heavy atom. The summed E-state index contributed by atoms with van der Waals surface area (Å²) >= 11 is 0. The van der Waals surface area contributed by atoms with Crippen LogP contribution in [0.3, 0.4) is 0 Å². The van der Waals surface area contributed by atoms with E-state index in [1.807, 2.05) is 0 Å². The predicted octanol–water partition coefficient (Wildman–Crippen LogP) is -3.63. The minimum Gasteiger partial charge on any atom is -1.00 e. The number of nitrogens with zero attached hydrogens (tertiary/aromatic N) is 2. The van der Waals surface area contributed by atoms with Gasteiger partial charge in [0.25, 0.3) is 0 Å². The fraction of sp³-hybridized carbons (Fsp3) is 1.00. The number of nitrogens with one attached hydrogen (secondary N) is 2. The molecule has 0 aliphatic heterocycles. The molecule has 2 unspecified atom stereocenters. The van der Waals surface area contributed by atoms with Crippen molar-refractivity contribution in [3.8, 4) is 0 Å². The molecule has 0 heterocycles.